The number of benzene rings is 5. The van der Waals surface area contributed by atoms with Gasteiger partial charge in [0, 0.05) is 24.2 Å². The fraction of sp³-hybridized carbons (Fsp3) is 0.275. The van der Waals surface area contributed by atoms with E-state index in [-0.39, 0.29) is 40.4 Å². The van der Waals surface area contributed by atoms with Crippen LogP contribution < -0.4 is 0 Å². The lowest BCUT2D eigenvalue weighted by atomic mass is 9.61. The molecule has 5 nitrogen and oxygen atoms in total. The van der Waals surface area contributed by atoms with Crippen LogP contribution in [0.3, 0.4) is 0 Å². The van der Waals surface area contributed by atoms with Gasteiger partial charge in [-0.1, -0.05) is 96.1 Å². The van der Waals surface area contributed by atoms with E-state index in [9.17, 15) is 21.6 Å². The lowest BCUT2D eigenvalue weighted by Crippen LogP contribution is -2.53. The maximum atomic E-state index is 15.5. The molecule has 2 fully saturated rings. The largest absolute Gasteiger partial charge is 0.299 e. The Morgan fingerprint density at radius 3 is 1.81 bits per heavy atom. The van der Waals surface area contributed by atoms with Crippen LogP contribution in [-0.4, -0.2) is 33.1 Å². The van der Waals surface area contributed by atoms with Gasteiger partial charge in [-0.3, -0.25) is 4.79 Å². The van der Waals surface area contributed by atoms with E-state index in [1.807, 2.05) is 56.3 Å². The van der Waals surface area contributed by atoms with Crippen LogP contribution in [0, 0.1) is 31.5 Å². The van der Waals surface area contributed by atoms with Crippen molar-refractivity contribution in [2.24, 2.45) is 11.8 Å². The minimum Gasteiger partial charge on any atom is -0.299 e. The average molecular weight is 681 g/mol. The number of hydrogen-bond donors (Lipinski definition) is 0. The molecule has 2 aliphatic rings. The number of aryl methyl sites for hydroxylation is 2. The molecule has 2 aliphatic carbocycles. The molecule has 0 amide bonds. The first-order chi connectivity index (χ1) is 23.0. The Morgan fingerprint density at radius 2 is 1.15 bits per heavy atom. The van der Waals surface area contributed by atoms with Crippen LogP contribution in [0.5, 0.6) is 0 Å². The van der Waals surface area contributed by atoms with E-state index in [0.717, 1.165) is 27.5 Å². The van der Waals surface area contributed by atoms with Gasteiger partial charge in [-0.15, -0.1) is 0 Å². The molecule has 0 aromatic heterocycles. The van der Waals surface area contributed by atoms with Gasteiger partial charge in [0.15, 0.2) is 19.7 Å². The van der Waals surface area contributed by atoms with Gasteiger partial charge in [0.05, 0.1) is 20.3 Å². The molecule has 0 radical (unpaired) electrons. The number of halogens is 1. The minimum atomic E-state index is -4.11. The van der Waals surface area contributed by atoms with Gasteiger partial charge < -0.3 is 0 Å². The van der Waals surface area contributed by atoms with E-state index < -0.39 is 59.7 Å². The Balaban J connectivity index is 1.43. The lowest BCUT2D eigenvalue weighted by Gasteiger charge is -2.48. The Labute approximate surface area is 281 Å². The molecule has 2 saturated carbocycles. The summed E-state index contributed by atoms with van der Waals surface area (Å²) < 4.78 is 74.3. The molecule has 0 spiro atoms. The SMILES string of the molecule is Cc1ccc(S(=O)(=O)C2CC3C(=O)CC(c4ccccc4F)C(S(=O)(=O)c4ccc(C)cc4)C3CC2c2cccc3ccccc23)cc1. The summed E-state index contributed by atoms with van der Waals surface area (Å²) >= 11 is 0. The second kappa shape index (κ2) is 12.4. The van der Waals surface area contributed by atoms with Crippen molar-refractivity contribution in [2.75, 3.05) is 0 Å². The summed E-state index contributed by atoms with van der Waals surface area (Å²) in [6, 6.07) is 33.0. The molecule has 7 rings (SSSR count). The predicted molar refractivity (Wildman–Crippen MR) is 186 cm³/mol. The van der Waals surface area contributed by atoms with Crippen LogP contribution in [0.1, 0.15) is 53.4 Å². The van der Waals surface area contributed by atoms with Crippen molar-refractivity contribution < 1.29 is 26.0 Å². The van der Waals surface area contributed by atoms with Gasteiger partial charge >= 0.3 is 0 Å². The highest BCUT2D eigenvalue weighted by Gasteiger charge is 2.57. The van der Waals surface area contributed by atoms with Gasteiger partial charge in [-0.2, -0.15) is 0 Å². The van der Waals surface area contributed by atoms with Gasteiger partial charge in [-0.25, -0.2) is 21.2 Å². The highest BCUT2D eigenvalue weighted by Crippen LogP contribution is 2.54. The van der Waals surface area contributed by atoms with E-state index in [0.29, 0.717) is 0 Å². The number of carbonyl (C=O) groups excluding carboxylic acids is 1. The van der Waals surface area contributed by atoms with E-state index in [4.69, 9.17) is 0 Å². The zero-order valence-electron chi connectivity index (χ0n) is 26.8. The fourth-order valence-electron chi connectivity index (χ4n) is 8.26. The van der Waals surface area contributed by atoms with Crippen molar-refractivity contribution >= 4 is 36.2 Å². The minimum absolute atomic E-state index is 0.0164. The predicted octanol–water partition coefficient (Wildman–Crippen LogP) is 8.15. The molecule has 0 saturated heterocycles. The van der Waals surface area contributed by atoms with Crippen molar-refractivity contribution in [1.29, 1.82) is 0 Å². The van der Waals surface area contributed by atoms with Gasteiger partial charge in [0.1, 0.15) is 11.6 Å². The van der Waals surface area contributed by atoms with E-state index in [2.05, 4.69) is 0 Å². The normalized spacial score (nSPS) is 24.7. The summed E-state index contributed by atoms with van der Waals surface area (Å²) in [6.07, 6.45) is -0.0630. The van der Waals surface area contributed by atoms with Crippen molar-refractivity contribution in [3.8, 4) is 0 Å². The lowest BCUT2D eigenvalue weighted by molar-refractivity contribution is -0.128. The fourth-order valence-corrected chi connectivity index (χ4v) is 12.5. The molecular weight excluding hydrogens is 644 g/mol. The Bertz CT molecular complexity index is 2220. The number of rotatable bonds is 6. The number of carbonyl (C=O) groups is 1. The van der Waals surface area contributed by atoms with Crippen LogP contribution in [0.15, 0.2) is 125 Å². The van der Waals surface area contributed by atoms with Gasteiger partial charge in [0.25, 0.3) is 0 Å². The maximum Gasteiger partial charge on any atom is 0.182 e. The monoisotopic (exact) mass is 680 g/mol. The topological polar surface area (TPSA) is 85.3 Å². The van der Waals surface area contributed by atoms with Crippen LogP contribution in [0.4, 0.5) is 4.39 Å². The van der Waals surface area contributed by atoms with Crippen LogP contribution in [0.25, 0.3) is 10.8 Å². The Hall–Kier alpha value is -4.14. The molecular formula is C40H37FO5S2. The number of hydrogen-bond acceptors (Lipinski definition) is 5. The first-order valence-electron chi connectivity index (χ1n) is 16.3. The molecule has 6 unspecified atom stereocenters. The van der Waals surface area contributed by atoms with Crippen LogP contribution in [0.2, 0.25) is 0 Å². The van der Waals surface area contributed by atoms with E-state index >= 15 is 4.39 Å². The summed E-state index contributed by atoms with van der Waals surface area (Å²) in [7, 11) is -8.08. The quantitative estimate of drug-likeness (QED) is 0.181. The third-order valence-corrected chi connectivity index (χ3v) is 15.2. The van der Waals surface area contributed by atoms with E-state index in [1.165, 1.54) is 6.07 Å². The third-order valence-electron chi connectivity index (χ3n) is 10.6. The Morgan fingerprint density at radius 1 is 0.583 bits per heavy atom. The molecule has 0 bridgehead atoms. The molecule has 5 aromatic carbocycles. The number of Topliss-reactive ketones (excluding diaryl/α,β-unsaturated/α-hetero) is 1. The van der Waals surface area contributed by atoms with Crippen LogP contribution >= 0.6 is 0 Å². The third kappa shape index (κ3) is 5.59. The average Bonchev–Trinajstić information content (AvgIpc) is 3.08. The molecule has 0 N–H and O–H groups in total. The second-order valence-electron chi connectivity index (χ2n) is 13.4. The summed E-state index contributed by atoms with van der Waals surface area (Å²) in [4.78, 5) is 14.5. The first-order valence-corrected chi connectivity index (χ1v) is 19.4. The summed E-state index contributed by atoms with van der Waals surface area (Å²) in [6.45, 7) is 3.76. The van der Waals surface area contributed by atoms with Crippen LogP contribution in [-0.2, 0) is 24.5 Å². The van der Waals surface area contributed by atoms with Crippen molar-refractivity contribution in [3.63, 3.8) is 0 Å². The molecule has 48 heavy (non-hydrogen) atoms. The molecule has 246 valence electrons. The number of sulfone groups is 2. The summed E-state index contributed by atoms with van der Waals surface area (Å²) in [5, 5.41) is -0.279. The molecule has 6 atom stereocenters. The van der Waals surface area contributed by atoms with E-state index in [1.54, 1.807) is 66.7 Å². The van der Waals surface area contributed by atoms with Gasteiger partial charge in [-0.05, 0) is 84.8 Å². The molecule has 8 heteroatoms. The highest BCUT2D eigenvalue weighted by molar-refractivity contribution is 7.92. The van der Waals surface area contributed by atoms with Crippen molar-refractivity contribution in [2.45, 2.75) is 65.2 Å². The van der Waals surface area contributed by atoms with Crippen molar-refractivity contribution in [1.82, 2.24) is 0 Å². The zero-order valence-corrected chi connectivity index (χ0v) is 28.4. The molecule has 0 aliphatic heterocycles. The second-order valence-corrected chi connectivity index (χ2v) is 17.7. The molecule has 5 aromatic rings. The van der Waals surface area contributed by atoms with Crippen molar-refractivity contribution in [3.05, 3.63) is 143 Å². The Kier molecular flexibility index (Phi) is 8.36. The first kappa shape index (κ1) is 32.4. The highest BCUT2D eigenvalue weighted by atomic mass is 32.2. The smallest absolute Gasteiger partial charge is 0.182 e. The molecule has 0 heterocycles. The standard InChI is InChI=1S/C40H37FO5S2/c1-25-14-18-28(19-15-25)47(43,44)39-24-33-35(22-34(39)31-12-7-9-27-8-3-4-10-30(27)31)40(48(45,46)29-20-16-26(2)17-21-29)36(23-38(33)42)32-11-5-6-13-37(32)41/h3-21,33-36,39-40H,22-24H2,1-2H3. The van der Waals surface area contributed by atoms with Gasteiger partial charge in [0.2, 0.25) is 0 Å². The summed E-state index contributed by atoms with van der Waals surface area (Å²) in [5.41, 5.74) is 2.82. The number of fused-ring (bicyclic) bond motifs is 2. The maximum absolute atomic E-state index is 15.5. The zero-order chi connectivity index (χ0) is 33.8. The number of ketones is 1. The summed E-state index contributed by atoms with van der Waals surface area (Å²) in [5.74, 6) is -3.88.